The molecule has 0 bridgehead atoms. The van der Waals surface area contributed by atoms with Gasteiger partial charge in [0, 0.05) is 11.0 Å². The van der Waals surface area contributed by atoms with E-state index in [2.05, 4.69) is 10.2 Å². The minimum Gasteiger partial charge on any atom is -0.294 e. The van der Waals surface area contributed by atoms with E-state index in [0.29, 0.717) is 5.56 Å². The van der Waals surface area contributed by atoms with Gasteiger partial charge in [-0.05, 0) is 19.1 Å². The Kier molecular flexibility index (Phi) is 3.03. The minimum absolute atomic E-state index is 0.0958. The van der Waals surface area contributed by atoms with Gasteiger partial charge in [0.25, 0.3) is 0 Å². The van der Waals surface area contributed by atoms with Crippen molar-refractivity contribution in [1.29, 1.82) is 0 Å². The molecule has 1 aromatic carbocycles. The summed E-state index contributed by atoms with van der Waals surface area (Å²) in [5.74, 6) is 0.0958. The Morgan fingerprint density at radius 1 is 1.17 bits per heavy atom. The Labute approximate surface area is 107 Å². The molecule has 0 aliphatic heterocycles. The van der Waals surface area contributed by atoms with Crippen LogP contribution in [-0.4, -0.2) is 20.8 Å². The number of carbonyl (C=O) groups is 1. The molecule has 18 heavy (non-hydrogen) atoms. The second-order valence-corrected chi connectivity index (χ2v) is 5.42. The summed E-state index contributed by atoms with van der Waals surface area (Å²) < 4.78 is 0. The van der Waals surface area contributed by atoms with E-state index in [-0.39, 0.29) is 5.78 Å². The number of hydrogen-bond acceptors (Lipinski definition) is 3. The first-order chi connectivity index (χ1) is 8.39. The quantitative estimate of drug-likeness (QED) is 0.762. The Hall–Kier alpha value is -1.97. The number of nitrogens with zero attached hydrogens (tertiary/aromatic N) is 3. The van der Waals surface area contributed by atoms with Gasteiger partial charge >= 0.3 is 0 Å². The molecule has 2 aromatic rings. The van der Waals surface area contributed by atoms with Crippen LogP contribution in [0.15, 0.2) is 30.6 Å². The number of carbonyl (C=O) groups excluding carboxylic acids is 1. The summed E-state index contributed by atoms with van der Waals surface area (Å²) in [7, 11) is 0. The van der Waals surface area contributed by atoms with Crippen LogP contribution in [0.3, 0.4) is 0 Å². The van der Waals surface area contributed by atoms with Crippen molar-refractivity contribution in [3.63, 3.8) is 0 Å². The van der Waals surface area contributed by atoms with Gasteiger partial charge in [0.2, 0.25) is 0 Å². The molecule has 0 amide bonds. The van der Waals surface area contributed by atoms with Gasteiger partial charge in [0.15, 0.2) is 5.78 Å². The number of Topliss-reactive ketones (excluding diaryl/α,β-unsaturated/α-hetero) is 1. The van der Waals surface area contributed by atoms with Crippen LogP contribution in [0.1, 0.15) is 36.7 Å². The second-order valence-electron chi connectivity index (χ2n) is 5.42. The third kappa shape index (κ3) is 2.32. The van der Waals surface area contributed by atoms with E-state index >= 15 is 0 Å². The van der Waals surface area contributed by atoms with E-state index in [9.17, 15) is 4.79 Å². The number of aryl methyl sites for hydroxylation is 1. The van der Waals surface area contributed by atoms with Gasteiger partial charge in [-0.3, -0.25) is 4.79 Å². The fourth-order valence-corrected chi connectivity index (χ4v) is 1.75. The molecule has 2 rings (SSSR count). The molecule has 0 saturated heterocycles. The van der Waals surface area contributed by atoms with E-state index < -0.39 is 5.41 Å². The van der Waals surface area contributed by atoms with Crippen LogP contribution < -0.4 is 0 Å². The molecule has 1 aromatic heterocycles. The molecule has 1 heterocycles. The lowest BCUT2D eigenvalue weighted by atomic mass is 9.85. The maximum absolute atomic E-state index is 12.5. The summed E-state index contributed by atoms with van der Waals surface area (Å²) in [5.41, 5.74) is 2.03. The summed E-state index contributed by atoms with van der Waals surface area (Å²) in [5, 5.41) is 8.19. The van der Waals surface area contributed by atoms with Crippen LogP contribution in [0.5, 0.6) is 0 Å². The van der Waals surface area contributed by atoms with Crippen molar-refractivity contribution in [1.82, 2.24) is 15.0 Å². The summed E-state index contributed by atoms with van der Waals surface area (Å²) in [6.45, 7) is 7.72. The largest absolute Gasteiger partial charge is 0.294 e. The molecule has 0 N–H and O–H groups in total. The first-order valence-corrected chi connectivity index (χ1v) is 5.92. The summed E-state index contributed by atoms with van der Waals surface area (Å²) >= 11 is 0. The molecular formula is C14H17N3O. The molecule has 0 aliphatic carbocycles. The van der Waals surface area contributed by atoms with Crippen LogP contribution in [0.4, 0.5) is 0 Å². The third-order valence-electron chi connectivity index (χ3n) is 2.71. The normalized spacial score (nSPS) is 11.6. The predicted molar refractivity (Wildman–Crippen MR) is 69.9 cm³/mol. The molecule has 0 aliphatic rings. The van der Waals surface area contributed by atoms with Crippen LogP contribution in [0, 0.1) is 12.3 Å². The van der Waals surface area contributed by atoms with Gasteiger partial charge in [0.1, 0.15) is 0 Å². The highest BCUT2D eigenvalue weighted by molar-refractivity contribution is 6.02. The van der Waals surface area contributed by atoms with Gasteiger partial charge < -0.3 is 0 Å². The number of ketones is 1. The topological polar surface area (TPSA) is 47.8 Å². The first-order valence-electron chi connectivity index (χ1n) is 5.92. The van der Waals surface area contributed by atoms with Crippen molar-refractivity contribution in [3.8, 4) is 5.69 Å². The highest BCUT2D eigenvalue weighted by atomic mass is 16.1. The van der Waals surface area contributed by atoms with Crippen LogP contribution in [0.2, 0.25) is 0 Å². The van der Waals surface area contributed by atoms with Gasteiger partial charge in [0.05, 0.1) is 18.1 Å². The Bertz CT molecular complexity index is 565. The summed E-state index contributed by atoms with van der Waals surface area (Å²) in [6.07, 6.45) is 3.20. The Balaban J connectivity index is 2.59. The van der Waals surface area contributed by atoms with Crippen LogP contribution >= 0.6 is 0 Å². The predicted octanol–water partition coefficient (Wildman–Crippen LogP) is 2.80. The number of rotatable bonds is 2. The zero-order valence-corrected chi connectivity index (χ0v) is 11.1. The van der Waals surface area contributed by atoms with Crippen molar-refractivity contribution in [2.24, 2.45) is 5.41 Å². The van der Waals surface area contributed by atoms with E-state index in [1.165, 1.54) is 4.80 Å². The second kappa shape index (κ2) is 4.37. The Morgan fingerprint density at radius 3 is 2.33 bits per heavy atom. The molecule has 0 fully saturated rings. The lowest BCUT2D eigenvalue weighted by Crippen LogP contribution is -2.22. The summed E-state index contributed by atoms with van der Waals surface area (Å²) in [6, 6.07) is 5.73. The fraction of sp³-hybridized carbons (Fsp3) is 0.357. The fourth-order valence-electron chi connectivity index (χ4n) is 1.75. The van der Waals surface area contributed by atoms with Gasteiger partial charge in [-0.1, -0.05) is 32.4 Å². The van der Waals surface area contributed by atoms with Crippen molar-refractivity contribution in [3.05, 3.63) is 41.7 Å². The Morgan fingerprint density at radius 2 is 1.78 bits per heavy atom. The molecule has 0 atom stereocenters. The van der Waals surface area contributed by atoms with E-state index in [1.54, 1.807) is 12.4 Å². The zero-order chi connectivity index (χ0) is 13.3. The average molecular weight is 243 g/mol. The average Bonchev–Trinajstić information content (AvgIpc) is 2.80. The van der Waals surface area contributed by atoms with E-state index in [1.807, 2.05) is 45.9 Å². The lowest BCUT2D eigenvalue weighted by molar-refractivity contribution is 0.0858. The van der Waals surface area contributed by atoms with Gasteiger partial charge in [-0.25, -0.2) is 0 Å². The highest BCUT2D eigenvalue weighted by Gasteiger charge is 2.26. The molecule has 0 unspecified atom stereocenters. The maximum Gasteiger partial charge on any atom is 0.170 e. The SMILES string of the molecule is Cc1ccc(-n2nccn2)c(C(=O)C(C)(C)C)c1. The van der Waals surface area contributed by atoms with Crippen molar-refractivity contribution in [2.75, 3.05) is 0 Å². The lowest BCUT2D eigenvalue weighted by Gasteiger charge is -2.19. The number of aromatic nitrogens is 3. The molecule has 4 heteroatoms. The smallest absolute Gasteiger partial charge is 0.170 e. The maximum atomic E-state index is 12.5. The highest BCUT2D eigenvalue weighted by Crippen LogP contribution is 2.25. The van der Waals surface area contributed by atoms with Crippen molar-refractivity contribution < 1.29 is 4.79 Å². The summed E-state index contributed by atoms with van der Waals surface area (Å²) in [4.78, 5) is 14.0. The number of hydrogen-bond donors (Lipinski definition) is 0. The molecule has 94 valence electrons. The van der Waals surface area contributed by atoms with E-state index in [0.717, 1.165) is 11.3 Å². The standard InChI is InChI=1S/C14H17N3O/c1-10-5-6-12(17-15-7-8-16-17)11(9-10)13(18)14(2,3)4/h5-9H,1-4H3. The third-order valence-corrected chi connectivity index (χ3v) is 2.71. The molecule has 0 saturated carbocycles. The van der Waals surface area contributed by atoms with Crippen LogP contribution in [0.25, 0.3) is 5.69 Å². The molecule has 0 spiro atoms. The molecular weight excluding hydrogens is 226 g/mol. The molecule has 0 radical (unpaired) electrons. The number of benzene rings is 1. The zero-order valence-electron chi connectivity index (χ0n) is 11.1. The van der Waals surface area contributed by atoms with E-state index in [4.69, 9.17) is 0 Å². The monoisotopic (exact) mass is 243 g/mol. The minimum atomic E-state index is -0.421. The first kappa shape index (κ1) is 12.5. The van der Waals surface area contributed by atoms with Crippen molar-refractivity contribution >= 4 is 5.78 Å². The van der Waals surface area contributed by atoms with Crippen LogP contribution in [-0.2, 0) is 0 Å². The molecule has 4 nitrogen and oxygen atoms in total. The van der Waals surface area contributed by atoms with Gasteiger partial charge in [-0.2, -0.15) is 15.0 Å². The van der Waals surface area contributed by atoms with Gasteiger partial charge in [-0.15, -0.1) is 0 Å². The van der Waals surface area contributed by atoms with Crippen molar-refractivity contribution in [2.45, 2.75) is 27.7 Å².